The Bertz CT molecular complexity index is 2640. The first kappa shape index (κ1) is 43.8. The van der Waals surface area contributed by atoms with Gasteiger partial charge in [0.15, 0.2) is 0 Å². The molecule has 2 fully saturated rings. The molecule has 2 aromatic carbocycles. The maximum Gasteiger partial charge on any atom is 0.255 e. The van der Waals surface area contributed by atoms with E-state index in [9.17, 15) is 37.5 Å². The van der Waals surface area contributed by atoms with Crippen LogP contribution in [-0.4, -0.2) is 42.2 Å². The van der Waals surface area contributed by atoms with Crippen LogP contribution < -0.4 is 11.1 Å². The Morgan fingerprint density at radius 2 is 1.00 bits per heavy atom. The van der Waals surface area contributed by atoms with Gasteiger partial charge in [0, 0.05) is 96.7 Å². The van der Waals surface area contributed by atoms with Crippen molar-refractivity contribution in [3.8, 4) is 11.4 Å². The van der Waals surface area contributed by atoms with Gasteiger partial charge >= 0.3 is 0 Å². The molecular weight excluding hydrogens is 837 g/mol. The van der Waals surface area contributed by atoms with E-state index in [1.807, 2.05) is 0 Å². The molecule has 62 heavy (non-hydrogen) atoms. The number of carbonyl (C=O) groups is 4. The highest BCUT2D eigenvalue weighted by Gasteiger charge is 2.59. The highest BCUT2D eigenvalue weighted by Crippen LogP contribution is 2.55. The van der Waals surface area contributed by atoms with Crippen LogP contribution in [0.15, 0.2) is 131 Å². The number of nitrogens with zero attached hydrogens (tertiary/aromatic N) is 4. The molecule has 0 unspecified atom stereocenters. The van der Waals surface area contributed by atoms with Gasteiger partial charge in [-0.25, -0.2) is 8.78 Å². The van der Waals surface area contributed by atoms with Crippen molar-refractivity contribution in [3.05, 3.63) is 187 Å². The van der Waals surface area contributed by atoms with E-state index in [0.717, 1.165) is 0 Å². The normalized spacial score (nSPS) is 19.8. The minimum atomic E-state index is -0.787. The highest BCUT2D eigenvalue weighted by atomic mass is 35.5. The van der Waals surface area contributed by atoms with Crippen LogP contribution in [0.3, 0.4) is 0 Å². The van der Waals surface area contributed by atoms with E-state index < -0.39 is 22.5 Å². The monoisotopic (exact) mass is 876 g/mol. The van der Waals surface area contributed by atoms with Crippen molar-refractivity contribution in [2.75, 3.05) is 0 Å². The summed E-state index contributed by atoms with van der Waals surface area (Å²) in [6.45, 7) is 3.51. The molecule has 4 atom stereocenters. The number of benzene rings is 2. The van der Waals surface area contributed by atoms with E-state index in [1.165, 1.54) is 57.9 Å². The van der Waals surface area contributed by atoms with Crippen LogP contribution in [0.4, 0.5) is 8.78 Å². The number of pyridine rings is 4. The molecule has 14 heteroatoms. The van der Waals surface area contributed by atoms with Crippen LogP contribution in [0.5, 0.6) is 0 Å². The van der Waals surface area contributed by atoms with Gasteiger partial charge in [-0.2, -0.15) is 0 Å². The third kappa shape index (κ3) is 9.77. The molecule has 0 bridgehead atoms. The van der Waals surface area contributed by atoms with Gasteiger partial charge in [0.1, 0.15) is 34.8 Å². The molecule has 0 radical (unpaired) electrons. The second kappa shape index (κ2) is 18.0. The minimum Gasteiger partial charge on any atom is -0.299 e. The fourth-order valence-corrected chi connectivity index (χ4v) is 7.82. The second-order valence-corrected chi connectivity index (χ2v) is 17.0. The number of ketones is 4. The Kier molecular flexibility index (Phi) is 12.7. The van der Waals surface area contributed by atoms with Crippen molar-refractivity contribution in [1.29, 1.82) is 0 Å². The van der Waals surface area contributed by atoms with Gasteiger partial charge in [-0.1, -0.05) is 61.3 Å². The summed E-state index contributed by atoms with van der Waals surface area (Å²) in [6, 6.07) is 24.8. The van der Waals surface area contributed by atoms with Crippen LogP contribution in [0, 0.1) is 34.3 Å². The summed E-state index contributed by atoms with van der Waals surface area (Å²) in [5.74, 6) is -2.32. The molecule has 0 amide bonds. The molecule has 6 aromatic rings. The van der Waals surface area contributed by atoms with Gasteiger partial charge in [-0.3, -0.25) is 47.9 Å². The van der Waals surface area contributed by atoms with E-state index >= 15 is 0 Å². The second-order valence-electron chi connectivity index (χ2n) is 16.1. The van der Waals surface area contributed by atoms with Gasteiger partial charge < -0.3 is 0 Å². The maximum absolute atomic E-state index is 14.7. The Morgan fingerprint density at radius 1 is 0.597 bits per heavy atom. The van der Waals surface area contributed by atoms with Gasteiger partial charge in [0.2, 0.25) is 0 Å². The first-order chi connectivity index (χ1) is 29.5. The first-order valence-electron chi connectivity index (χ1n) is 19.8. The first-order valence-corrected chi connectivity index (χ1v) is 20.6. The molecule has 2 aliphatic carbocycles. The van der Waals surface area contributed by atoms with Gasteiger partial charge in [-0.05, 0) is 84.6 Å². The van der Waals surface area contributed by atoms with Crippen LogP contribution >= 0.6 is 23.2 Å². The van der Waals surface area contributed by atoms with Gasteiger partial charge in [-0.15, -0.1) is 0 Å². The van der Waals surface area contributed by atoms with Gasteiger partial charge in [0.25, 0.3) is 11.1 Å². The van der Waals surface area contributed by atoms with E-state index in [4.69, 9.17) is 23.2 Å². The zero-order valence-corrected chi connectivity index (χ0v) is 35.2. The van der Waals surface area contributed by atoms with Crippen LogP contribution in [-0.2, 0) is 44.9 Å². The van der Waals surface area contributed by atoms with Crippen molar-refractivity contribution in [1.82, 2.24) is 19.1 Å². The predicted molar refractivity (Wildman–Crippen MR) is 230 cm³/mol. The SMILES string of the molecule is C[C@@]1(C(=O)Cc2ccc(-n3ccccc3=O)cc2F)C[C@@H]1C(=O)Cc1ccc(Cl)cn1.C[C@]1(C(=O)Cc2ccc(-n3ccccc3=O)cc2F)C[C@H]1C(=O)Cc1ccc(Cl)cn1. The van der Waals surface area contributed by atoms with Crippen molar-refractivity contribution < 1.29 is 28.0 Å². The number of aromatic nitrogens is 4. The highest BCUT2D eigenvalue weighted by molar-refractivity contribution is 6.30. The van der Waals surface area contributed by atoms with Crippen LogP contribution in [0.25, 0.3) is 11.4 Å². The van der Waals surface area contributed by atoms with E-state index in [2.05, 4.69) is 9.97 Å². The van der Waals surface area contributed by atoms with Crippen LogP contribution in [0.1, 0.15) is 49.2 Å². The van der Waals surface area contributed by atoms with E-state index in [1.54, 1.807) is 86.9 Å². The molecule has 0 saturated heterocycles. The average Bonchev–Trinajstić information content (AvgIpc) is 4.16. The van der Waals surface area contributed by atoms with E-state index in [0.29, 0.717) is 45.6 Å². The number of hydrogen-bond donors (Lipinski definition) is 0. The summed E-state index contributed by atoms with van der Waals surface area (Å²) in [5, 5.41) is 0.987. The lowest BCUT2D eigenvalue weighted by molar-refractivity contribution is -0.127. The maximum atomic E-state index is 14.7. The standard InChI is InChI=1S/2C24H20ClFN2O3/c2*1-24(13-19(24)21(29)11-17-7-6-16(25)14-27-17)22(30)10-15-5-8-18(12-20(15)26)28-9-3-2-4-23(28)31/h2*2-9,12,14,19H,10-11,13H2,1H3/t2*19-,24-/m10/s1. The summed E-state index contributed by atoms with van der Waals surface area (Å²) in [7, 11) is 0. The fraction of sp³-hybridized carbons (Fsp3) is 0.250. The van der Waals surface area contributed by atoms with Crippen molar-refractivity contribution in [2.45, 2.75) is 52.4 Å². The molecule has 0 spiro atoms. The lowest BCUT2D eigenvalue weighted by Gasteiger charge is -2.12. The van der Waals surface area contributed by atoms with Gasteiger partial charge in [0.05, 0.1) is 21.4 Å². The van der Waals surface area contributed by atoms with E-state index in [-0.39, 0.29) is 82.9 Å². The summed E-state index contributed by atoms with van der Waals surface area (Å²) in [5.41, 5.74) is 0.368. The molecule has 4 aromatic heterocycles. The van der Waals surface area contributed by atoms with Crippen molar-refractivity contribution in [2.24, 2.45) is 22.7 Å². The number of Topliss-reactive ketones (excluding diaryl/α,β-unsaturated/α-hetero) is 4. The Hall–Kier alpha value is -6.24. The summed E-state index contributed by atoms with van der Waals surface area (Å²) in [6.07, 6.45) is 7.06. The molecular formula is C48H40Cl2F2N4O6. The van der Waals surface area contributed by atoms with Crippen LogP contribution in [0.2, 0.25) is 10.0 Å². The fourth-order valence-electron chi connectivity index (χ4n) is 7.60. The molecule has 10 nitrogen and oxygen atoms in total. The van der Waals surface area contributed by atoms with Crippen molar-refractivity contribution >= 4 is 46.3 Å². The van der Waals surface area contributed by atoms with Crippen molar-refractivity contribution in [3.63, 3.8) is 0 Å². The minimum absolute atomic E-state index is 0.0510. The number of carbonyl (C=O) groups excluding carboxylic acids is 4. The number of halogens is 4. The Labute approximate surface area is 365 Å². The quantitative estimate of drug-likeness (QED) is 0.108. The molecule has 0 N–H and O–H groups in total. The lowest BCUT2D eigenvalue weighted by atomic mass is 9.92. The summed E-state index contributed by atoms with van der Waals surface area (Å²) in [4.78, 5) is 83.0. The Morgan fingerprint density at radius 3 is 1.34 bits per heavy atom. The largest absolute Gasteiger partial charge is 0.299 e. The molecule has 8 rings (SSSR count). The number of hydrogen-bond acceptors (Lipinski definition) is 8. The molecule has 4 heterocycles. The topological polar surface area (TPSA) is 138 Å². The summed E-state index contributed by atoms with van der Waals surface area (Å²) >= 11 is 11.6. The third-order valence-corrected chi connectivity index (χ3v) is 12.2. The molecule has 2 saturated carbocycles. The lowest BCUT2D eigenvalue weighted by Crippen LogP contribution is -2.22. The molecule has 0 aliphatic heterocycles. The zero-order chi connectivity index (χ0) is 44.3. The average molecular weight is 878 g/mol. The molecule has 2 aliphatic rings. The zero-order valence-electron chi connectivity index (χ0n) is 33.7. The Balaban J connectivity index is 0.000000186. The predicted octanol–water partition coefficient (Wildman–Crippen LogP) is 7.95. The third-order valence-electron chi connectivity index (χ3n) is 11.8. The summed E-state index contributed by atoms with van der Waals surface area (Å²) < 4.78 is 32.0. The number of rotatable bonds is 14. The smallest absolute Gasteiger partial charge is 0.255 e. The molecule has 316 valence electrons.